The minimum atomic E-state index is 0.236. The quantitative estimate of drug-likeness (QED) is 0.786. The van der Waals surface area contributed by atoms with Crippen LogP contribution < -0.4 is 15.1 Å². The molecular formula is C19H26N4OS. The highest BCUT2D eigenvalue weighted by molar-refractivity contribution is 7.15. The van der Waals surface area contributed by atoms with Gasteiger partial charge in [0.25, 0.3) is 0 Å². The van der Waals surface area contributed by atoms with Crippen molar-refractivity contribution in [1.82, 2.24) is 10.3 Å². The van der Waals surface area contributed by atoms with Gasteiger partial charge in [-0.25, -0.2) is 4.98 Å². The van der Waals surface area contributed by atoms with Crippen LogP contribution >= 0.6 is 11.3 Å². The van der Waals surface area contributed by atoms with E-state index in [0.717, 1.165) is 50.0 Å². The third-order valence-electron chi connectivity index (χ3n) is 4.53. The van der Waals surface area contributed by atoms with Crippen molar-refractivity contribution in [1.29, 1.82) is 0 Å². The van der Waals surface area contributed by atoms with Gasteiger partial charge in [-0.1, -0.05) is 12.1 Å². The molecule has 1 N–H and O–H groups in total. The van der Waals surface area contributed by atoms with Crippen molar-refractivity contribution >= 4 is 28.1 Å². The Morgan fingerprint density at radius 2 is 1.96 bits per heavy atom. The first-order valence-electron chi connectivity index (χ1n) is 9.01. The Morgan fingerprint density at radius 3 is 2.60 bits per heavy atom. The predicted octanol–water partition coefficient (Wildman–Crippen LogP) is 3.41. The highest BCUT2D eigenvalue weighted by Crippen LogP contribution is 2.23. The Bertz CT molecular complexity index is 694. The van der Waals surface area contributed by atoms with Gasteiger partial charge < -0.3 is 15.1 Å². The molecule has 1 fully saturated rings. The molecule has 0 radical (unpaired) electrons. The fourth-order valence-electron chi connectivity index (χ4n) is 3.06. The van der Waals surface area contributed by atoms with Gasteiger partial charge >= 0.3 is 0 Å². The van der Waals surface area contributed by atoms with Crippen LogP contribution in [0, 0.1) is 0 Å². The molecule has 2 aromatic rings. The second kappa shape index (κ2) is 8.45. The van der Waals surface area contributed by atoms with Crippen molar-refractivity contribution in [3.63, 3.8) is 0 Å². The molecule has 3 rings (SSSR count). The molecule has 1 aliphatic heterocycles. The monoisotopic (exact) mass is 358 g/mol. The lowest BCUT2D eigenvalue weighted by Crippen LogP contribution is -2.23. The molecule has 0 atom stereocenters. The molecule has 0 bridgehead atoms. The highest BCUT2D eigenvalue weighted by Gasteiger charge is 2.21. The smallest absolute Gasteiger partial charge is 0.227 e. The Balaban J connectivity index is 1.50. The summed E-state index contributed by atoms with van der Waals surface area (Å²) in [7, 11) is 0. The fourth-order valence-corrected chi connectivity index (χ4v) is 4.07. The number of amides is 1. The molecule has 0 aliphatic carbocycles. The van der Waals surface area contributed by atoms with Crippen molar-refractivity contribution in [2.45, 2.75) is 39.8 Å². The Kier molecular flexibility index (Phi) is 6.04. The number of anilines is 2. The normalized spacial score (nSPS) is 14.3. The lowest BCUT2D eigenvalue weighted by Gasteiger charge is -2.16. The molecule has 1 aliphatic rings. The van der Waals surface area contributed by atoms with Gasteiger partial charge in [0.2, 0.25) is 5.91 Å². The molecule has 0 saturated carbocycles. The van der Waals surface area contributed by atoms with E-state index in [9.17, 15) is 4.79 Å². The van der Waals surface area contributed by atoms with Crippen LogP contribution in [0.5, 0.6) is 0 Å². The van der Waals surface area contributed by atoms with E-state index in [4.69, 9.17) is 0 Å². The van der Waals surface area contributed by atoms with E-state index >= 15 is 0 Å². The van der Waals surface area contributed by atoms with E-state index in [1.54, 1.807) is 11.3 Å². The van der Waals surface area contributed by atoms with Crippen molar-refractivity contribution in [3.05, 3.63) is 40.9 Å². The summed E-state index contributed by atoms with van der Waals surface area (Å²) >= 11 is 1.75. The van der Waals surface area contributed by atoms with Gasteiger partial charge in [0.1, 0.15) is 0 Å². The van der Waals surface area contributed by atoms with Gasteiger partial charge in [0.15, 0.2) is 5.13 Å². The second-order valence-electron chi connectivity index (χ2n) is 6.20. The maximum Gasteiger partial charge on any atom is 0.227 e. The van der Waals surface area contributed by atoms with Gasteiger partial charge in [0.05, 0.1) is 0 Å². The number of hydrogen-bond donors (Lipinski definition) is 1. The van der Waals surface area contributed by atoms with E-state index in [-0.39, 0.29) is 5.91 Å². The molecule has 134 valence electrons. The number of thiazole rings is 1. The molecule has 1 aromatic heterocycles. The van der Waals surface area contributed by atoms with Crippen LogP contribution in [0.15, 0.2) is 30.5 Å². The van der Waals surface area contributed by atoms with Crippen LogP contribution in [-0.4, -0.2) is 30.5 Å². The largest absolute Gasteiger partial charge is 0.349 e. The minimum absolute atomic E-state index is 0.236. The molecule has 2 heterocycles. The van der Waals surface area contributed by atoms with Crippen LogP contribution in [0.2, 0.25) is 0 Å². The van der Waals surface area contributed by atoms with Gasteiger partial charge in [-0.15, -0.1) is 11.3 Å². The average Bonchev–Trinajstić information content (AvgIpc) is 3.26. The zero-order chi connectivity index (χ0) is 17.6. The van der Waals surface area contributed by atoms with Crippen molar-refractivity contribution in [3.8, 4) is 0 Å². The molecular weight excluding hydrogens is 332 g/mol. The van der Waals surface area contributed by atoms with Crippen LogP contribution in [0.25, 0.3) is 0 Å². The van der Waals surface area contributed by atoms with Crippen molar-refractivity contribution in [2.75, 3.05) is 29.4 Å². The van der Waals surface area contributed by atoms with Crippen LogP contribution in [-0.2, 0) is 17.9 Å². The standard InChI is InChI=1S/C19H26N4OS/c1-3-22(4-2)19-21-14-17(25-19)13-20-12-15-7-9-16(10-8-15)23-11-5-6-18(23)24/h7-10,14,20H,3-6,11-13H2,1-2H3. The number of hydrogen-bond acceptors (Lipinski definition) is 5. The maximum absolute atomic E-state index is 11.8. The number of rotatable bonds is 8. The maximum atomic E-state index is 11.8. The van der Waals surface area contributed by atoms with Gasteiger partial charge in [0, 0.05) is 55.9 Å². The summed E-state index contributed by atoms with van der Waals surface area (Å²) in [6, 6.07) is 8.29. The molecule has 1 saturated heterocycles. The van der Waals surface area contributed by atoms with E-state index in [2.05, 4.69) is 41.2 Å². The van der Waals surface area contributed by atoms with Gasteiger partial charge in [-0.2, -0.15) is 0 Å². The fraction of sp³-hybridized carbons (Fsp3) is 0.474. The number of carbonyl (C=O) groups excluding carboxylic acids is 1. The van der Waals surface area contributed by atoms with Crippen LogP contribution in [0.4, 0.5) is 10.8 Å². The SMILES string of the molecule is CCN(CC)c1ncc(CNCc2ccc(N3CCCC3=O)cc2)s1. The number of aromatic nitrogens is 1. The molecule has 1 amide bonds. The van der Waals surface area contributed by atoms with Gasteiger partial charge in [-0.3, -0.25) is 4.79 Å². The second-order valence-corrected chi connectivity index (χ2v) is 7.29. The zero-order valence-electron chi connectivity index (χ0n) is 15.0. The van der Waals surface area contributed by atoms with E-state index in [0.29, 0.717) is 6.42 Å². The Labute approximate surface area is 153 Å². The number of nitrogens with zero attached hydrogens (tertiary/aromatic N) is 3. The summed E-state index contributed by atoms with van der Waals surface area (Å²) in [5.41, 5.74) is 2.24. The van der Waals surface area contributed by atoms with Crippen molar-refractivity contribution < 1.29 is 4.79 Å². The number of nitrogens with one attached hydrogen (secondary N) is 1. The summed E-state index contributed by atoms with van der Waals surface area (Å²) < 4.78 is 0. The summed E-state index contributed by atoms with van der Waals surface area (Å²) in [5, 5.41) is 4.57. The molecule has 25 heavy (non-hydrogen) atoms. The molecule has 5 nitrogen and oxygen atoms in total. The molecule has 1 aromatic carbocycles. The van der Waals surface area contributed by atoms with E-state index < -0.39 is 0 Å². The molecule has 6 heteroatoms. The Morgan fingerprint density at radius 1 is 1.20 bits per heavy atom. The van der Waals surface area contributed by atoms with Crippen molar-refractivity contribution in [2.24, 2.45) is 0 Å². The van der Waals surface area contributed by atoms with Crippen LogP contribution in [0.1, 0.15) is 37.1 Å². The predicted molar refractivity (Wildman–Crippen MR) is 104 cm³/mol. The zero-order valence-corrected chi connectivity index (χ0v) is 15.8. The topological polar surface area (TPSA) is 48.5 Å². The third-order valence-corrected chi connectivity index (χ3v) is 5.58. The lowest BCUT2D eigenvalue weighted by molar-refractivity contribution is -0.117. The first-order chi connectivity index (χ1) is 12.2. The van der Waals surface area contributed by atoms with Gasteiger partial charge in [-0.05, 0) is 38.0 Å². The summed E-state index contributed by atoms with van der Waals surface area (Å²) in [4.78, 5) is 21.7. The summed E-state index contributed by atoms with van der Waals surface area (Å²) in [6.07, 6.45) is 3.60. The first-order valence-corrected chi connectivity index (χ1v) is 9.82. The number of benzene rings is 1. The number of carbonyl (C=O) groups is 1. The Hall–Kier alpha value is -1.92. The third kappa shape index (κ3) is 4.38. The lowest BCUT2D eigenvalue weighted by atomic mass is 10.2. The first kappa shape index (κ1) is 17.9. The van der Waals surface area contributed by atoms with E-state index in [1.807, 2.05) is 23.2 Å². The highest BCUT2D eigenvalue weighted by atomic mass is 32.1. The summed E-state index contributed by atoms with van der Waals surface area (Å²) in [6.45, 7) is 8.77. The minimum Gasteiger partial charge on any atom is -0.349 e. The average molecular weight is 359 g/mol. The molecule has 0 unspecified atom stereocenters. The van der Waals surface area contributed by atoms with E-state index in [1.165, 1.54) is 10.4 Å². The summed E-state index contributed by atoms with van der Waals surface area (Å²) in [5.74, 6) is 0.236. The van der Waals surface area contributed by atoms with Crippen LogP contribution in [0.3, 0.4) is 0 Å². The molecule has 0 spiro atoms.